The van der Waals surface area contributed by atoms with E-state index in [9.17, 15) is 35.5 Å². The van der Waals surface area contributed by atoms with Crippen LogP contribution in [0.5, 0.6) is 0 Å². The molecule has 30 heavy (non-hydrogen) atoms. The van der Waals surface area contributed by atoms with E-state index in [-0.39, 0.29) is 17.8 Å². The number of halogens is 7. The number of nitrogens with two attached hydrogens (primary N) is 1. The summed E-state index contributed by atoms with van der Waals surface area (Å²) in [7, 11) is 0. The van der Waals surface area contributed by atoms with Gasteiger partial charge in [0.2, 0.25) is 5.91 Å². The summed E-state index contributed by atoms with van der Waals surface area (Å²) in [4.78, 5) is 31.1. The predicted molar refractivity (Wildman–Crippen MR) is 88.0 cm³/mol. The maximum Gasteiger partial charge on any atom is 0.490 e. The number of nitrogens with zero attached hydrogens (tertiary/aromatic N) is 1. The topological polar surface area (TPSA) is 121 Å². The summed E-state index contributed by atoms with van der Waals surface area (Å²) in [6, 6.07) is 5.94. The molecule has 1 heterocycles. The molecule has 1 atom stereocenters. The summed E-state index contributed by atoms with van der Waals surface area (Å²) in [6.07, 6.45) is -7.32. The molecule has 0 aromatic heterocycles. The van der Waals surface area contributed by atoms with Gasteiger partial charge in [0.05, 0.1) is 0 Å². The van der Waals surface area contributed by atoms with Crippen molar-refractivity contribution in [3.8, 4) is 0 Å². The van der Waals surface area contributed by atoms with Crippen molar-refractivity contribution >= 4 is 23.5 Å². The summed E-state index contributed by atoms with van der Waals surface area (Å²) in [5.74, 6) is -6.08. The van der Waals surface area contributed by atoms with Crippen LogP contribution in [0, 0.1) is 5.82 Å². The maximum absolute atomic E-state index is 12.8. The van der Waals surface area contributed by atoms with Crippen LogP contribution in [0.25, 0.3) is 0 Å². The number of carbonyl (C=O) groups excluding carboxylic acids is 1. The number of amides is 1. The van der Waals surface area contributed by atoms with Crippen molar-refractivity contribution in [2.24, 2.45) is 5.73 Å². The Kier molecular flexibility index (Phi) is 10.1. The molecule has 1 aliphatic rings. The van der Waals surface area contributed by atoms with Gasteiger partial charge in [0, 0.05) is 12.2 Å². The van der Waals surface area contributed by atoms with Gasteiger partial charge in [0.15, 0.2) is 0 Å². The van der Waals surface area contributed by atoms with Crippen LogP contribution in [0.4, 0.5) is 36.4 Å². The van der Waals surface area contributed by atoms with Crippen LogP contribution in [0.15, 0.2) is 24.3 Å². The molecule has 0 bridgehead atoms. The number of carboxylic acids is 2. The van der Waals surface area contributed by atoms with Crippen LogP contribution in [-0.4, -0.2) is 53.0 Å². The number of rotatable bonds is 2. The molecular formula is C16H17F7N2O5. The minimum atomic E-state index is -5.08. The Labute approximate surface area is 164 Å². The molecule has 170 valence electrons. The van der Waals surface area contributed by atoms with E-state index in [2.05, 4.69) is 0 Å². The largest absolute Gasteiger partial charge is 0.490 e. The molecule has 2 rings (SSSR count). The standard InChI is InChI=1S/C12H15FN2O.2C2HF3O2/c13-9-4-6-10(7-5-9)15-8-2-1-3-11(15)12(14)16;2*3-2(4,5)1(6)7/h4-7,11H,1-3,8H2,(H2,14,16);2*(H,6,7). The molecule has 1 saturated heterocycles. The van der Waals surface area contributed by atoms with Crippen molar-refractivity contribution in [3.63, 3.8) is 0 Å². The van der Waals surface area contributed by atoms with E-state index < -0.39 is 24.3 Å². The van der Waals surface area contributed by atoms with Crippen LogP contribution in [0.2, 0.25) is 0 Å². The Hall–Kier alpha value is -3.06. The highest BCUT2D eigenvalue weighted by Gasteiger charge is 2.38. The Morgan fingerprint density at radius 1 is 0.900 bits per heavy atom. The molecule has 1 aromatic carbocycles. The van der Waals surface area contributed by atoms with Gasteiger partial charge in [-0.25, -0.2) is 14.0 Å². The van der Waals surface area contributed by atoms with Gasteiger partial charge in [0.25, 0.3) is 0 Å². The van der Waals surface area contributed by atoms with Crippen molar-refractivity contribution < 1.29 is 55.3 Å². The number of carbonyl (C=O) groups is 3. The fraction of sp³-hybridized carbons (Fsp3) is 0.438. The molecule has 14 heteroatoms. The number of benzene rings is 1. The SMILES string of the molecule is NC(=O)C1CCCCN1c1ccc(F)cc1.O=C(O)C(F)(F)F.O=C(O)C(F)(F)F. The Bertz CT molecular complexity index is 696. The minimum absolute atomic E-state index is 0.251. The number of hydrogen-bond acceptors (Lipinski definition) is 4. The number of hydrogen-bond donors (Lipinski definition) is 3. The second kappa shape index (κ2) is 11.2. The Morgan fingerprint density at radius 3 is 1.63 bits per heavy atom. The first kappa shape index (κ1) is 26.9. The van der Waals surface area contributed by atoms with E-state index >= 15 is 0 Å². The lowest BCUT2D eigenvalue weighted by atomic mass is 10.0. The molecule has 1 aromatic rings. The summed E-state index contributed by atoms with van der Waals surface area (Å²) in [5, 5.41) is 14.2. The van der Waals surface area contributed by atoms with Crippen LogP contribution in [0.1, 0.15) is 19.3 Å². The zero-order valence-electron chi connectivity index (χ0n) is 15.0. The van der Waals surface area contributed by atoms with E-state index in [1.54, 1.807) is 12.1 Å². The fourth-order valence-electron chi connectivity index (χ4n) is 2.17. The van der Waals surface area contributed by atoms with Crippen molar-refractivity contribution in [2.45, 2.75) is 37.7 Å². The molecule has 7 nitrogen and oxygen atoms in total. The predicted octanol–water partition coefficient (Wildman–Crippen LogP) is 2.94. The van der Waals surface area contributed by atoms with Crippen LogP contribution in [-0.2, 0) is 14.4 Å². The quantitative estimate of drug-likeness (QED) is 0.596. The molecule has 0 spiro atoms. The second-order valence-corrected chi connectivity index (χ2v) is 5.69. The number of aliphatic carboxylic acids is 2. The zero-order chi connectivity index (χ0) is 23.7. The first-order chi connectivity index (χ1) is 13.6. The van der Waals surface area contributed by atoms with Gasteiger partial charge >= 0.3 is 24.3 Å². The minimum Gasteiger partial charge on any atom is -0.475 e. The smallest absolute Gasteiger partial charge is 0.475 e. The average molecular weight is 450 g/mol. The molecule has 1 unspecified atom stereocenters. The van der Waals surface area contributed by atoms with Gasteiger partial charge in [0.1, 0.15) is 11.9 Å². The van der Waals surface area contributed by atoms with Crippen molar-refractivity contribution in [1.29, 1.82) is 0 Å². The van der Waals surface area contributed by atoms with Gasteiger partial charge in [-0.15, -0.1) is 0 Å². The Morgan fingerprint density at radius 2 is 1.30 bits per heavy atom. The lowest BCUT2D eigenvalue weighted by Crippen LogP contribution is -2.47. The van der Waals surface area contributed by atoms with E-state index in [0.717, 1.165) is 31.5 Å². The molecule has 4 N–H and O–H groups in total. The van der Waals surface area contributed by atoms with Crippen molar-refractivity contribution in [1.82, 2.24) is 0 Å². The number of anilines is 1. The van der Waals surface area contributed by atoms with Gasteiger partial charge in [-0.05, 0) is 43.5 Å². The number of carboxylic acid groups (broad SMARTS) is 2. The summed E-state index contributed by atoms with van der Waals surface area (Å²) in [5.41, 5.74) is 6.24. The highest BCUT2D eigenvalue weighted by molar-refractivity contribution is 5.83. The summed E-state index contributed by atoms with van der Waals surface area (Å²) < 4.78 is 76.3. The van der Waals surface area contributed by atoms with E-state index in [4.69, 9.17) is 25.5 Å². The number of piperidine rings is 1. The third-order valence-electron chi connectivity index (χ3n) is 3.47. The van der Waals surface area contributed by atoms with E-state index in [1.807, 2.05) is 4.90 Å². The first-order valence-electron chi connectivity index (χ1n) is 7.99. The van der Waals surface area contributed by atoms with Crippen LogP contribution < -0.4 is 10.6 Å². The third-order valence-corrected chi connectivity index (χ3v) is 3.47. The average Bonchev–Trinajstić information content (AvgIpc) is 2.62. The van der Waals surface area contributed by atoms with Gasteiger partial charge in [-0.1, -0.05) is 0 Å². The molecule has 0 aliphatic carbocycles. The van der Waals surface area contributed by atoms with E-state index in [1.165, 1.54) is 12.1 Å². The first-order valence-corrected chi connectivity index (χ1v) is 7.99. The molecule has 1 aliphatic heterocycles. The normalized spacial score (nSPS) is 16.4. The van der Waals surface area contributed by atoms with Crippen LogP contribution in [0.3, 0.4) is 0 Å². The lowest BCUT2D eigenvalue weighted by Gasteiger charge is -2.35. The second-order valence-electron chi connectivity index (χ2n) is 5.69. The monoisotopic (exact) mass is 450 g/mol. The fourth-order valence-corrected chi connectivity index (χ4v) is 2.17. The Balaban J connectivity index is 0.000000503. The summed E-state index contributed by atoms with van der Waals surface area (Å²) in [6.45, 7) is 0.805. The molecule has 1 amide bonds. The van der Waals surface area contributed by atoms with Crippen LogP contribution >= 0.6 is 0 Å². The number of alkyl halides is 6. The zero-order valence-corrected chi connectivity index (χ0v) is 15.0. The highest BCUT2D eigenvalue weighted by atomic mass is 19.4. The van der Waals surface area contributed by atoms with E-state index in [0.29, 0.717) is 0 Å². The molecule has 0 saturated carbocycles. The lowest BCUT2D eigenvalue weighted by molar-refractivity contribution is -0.193. The molecule has 0 radical (unpaired) electrons. The highest BCUT2D eigenvalue weighted by Crippen LogP contribution is 2.24. The third kappa shape index (κ3) is 9.93. The maximum atomic E-state index is 12.8. The molecule has 1 fully saturated rings. The van der Waals surface area contributed by atoms with Gasteiger partial charge in [-0.2, -0.15) is 26.3 Å². The molecular weight excluding hydrogens is 433 g/mol. The number of primary amides is 1. The van der Waals surface area contributed by atoms with Gasteiger partial charge < -0.3 is 20.8 Å². The van der Waals surface area contributed by atoms with Gasteiger partial charge in [-0.3, -0.25) is 4.79 Å². The van der Waals surface area contributed by atoms with Crippen molar-refractivity contribution in [2.75, 3.05) is 11.4 Å². The van der Waals surface area contributed by atoms with Crippen molar-refractivity contribution in [3.05, 3.63) is 30.1 Å². The summed E-state index contributed by atoms with van der Waals surface area (Å²) >= 11 is 0.